The molecule has 1 aliphatic heterocycles. The number of hydrogen-bond donors (Lipinski definition) is 1. The summed E-state index contributed by atoms with van der Waals surface area (Å²) in [6.07, 6.45) is 3.81. The maximum absolute atomic E-state index is 10.9. The topological polar surface area (TPSA) is 58.4 Å². The number of likely N-dealkylation sites (tertiary alicyclic amines) is 1. The fraction of sp³-hybridized carbons (Fsp3) is 0.412. The Balaban J connectivity index is 1.78. The second kappa shape index (κ2) is 5.25. The van der Waals surface area contributed by atoms with E-state index in [0.29, 0.717) is 5.56 Å². The molecule has 116 valence electrons. The molecule has 1 aromatic carbocycles. The van der Waals surface area contributed by atoms with Gasteiger partial charge in [-0.2, -0.15) is 0 Å². The van der Waals surface area contributed by atoms with Crippen molar-refractivity contribution in [3.05, 3.63) is 53.6 Å². The zero-order valence-electron chi connectivity index (χ0n) is 13.2. The van der Waals surface area contributed by atoms with E-state index >= 15 is 0 Å². The molecular formula is C17H21N3O2. The van der Waals surface area contributed by atoms with Crippen LogP contribution in [0.3, 0.4) is 0 Å². The van der Waals surface area contributed by atoms with Crippen LogP contribution < -0.4 is 0 Å². The van der Waals surface area contributed by atoms with Crippen LogP contribution in [0.25, 0.3) is 0 Å². The van der Waals surface area contributed by atoms with Gasteiger partial charge in [0.25, 0.3) is 0 Å². The Morgan fingerprint density at radius 2 is 2.05 bits per heavy atom. The number of aryl methyl sites for hydroxylation is 1. The van der Waals surface area contributed by atoms with Gasteiger partial charge in [0.05, 0.1) is 11.6 Å². The minimum absolute atomic E-state index is 0.195. The average Bonchev–Trinajstić information content (AvgIpc) is 2.84. The molecule has 3 rings (SSSR count). The van der Waals surface area contributed by atoms with Gasteiger partial charge in [-0.15, -0.1) is 0 Å². The lowest BCUT2D eigenvalue weighted by molar-refractivity contribution is -0.0649. The van der Waals surface area contributed by atoms with Gasteiger partial charge in [0.15, 0.2) is 0 Å². The SMILES string of the molecule is Cn1ccnc1C1N(Cc2ccc(C(=O)O)cc2)CC1(C)C. The fourth-order valence-corrected chi connectivity index (χ4v) is 3.37. The second-order valence-corrected chi connectivity index (χ2v) is 6.69. The maximum Gasteiger partial charge on any atom is 0.335 e. The molecule has 5 heteroatoms. The zero-order chi connectivity index (χ0) is 15.9. The molecule has 5 nitrogen and oxygen atoms in total. The van der Waals surface area contributed by atoms with Gasteiger partial charge < -0.3 is 9.67 Å². The van der Waals surface area contributed by atoms with Crippen LogP contribution in [-0.4, -0.2) is 32.1 Å². The predicted molar refractivity (Wildman–Crippen MR) is 83.5 cm³/mol. The van der Waals surface area contributed by atoms with Crippen LogP contribution >= 0.6 is 0 Å². The summed E-state index contributed by atoms with van der Waals surface area (Å²) < 4.78 is 2.08. The molecule has 1 N–H and O–H groups in total. The Bertz CT molecular complexity index is 688. The highest BCUT2D eigenvalue weighted by molar-refractivity contribution is 5.87. The van der Waals surface area contributed by atoms with Crippen molar-refractivity contribution in [2.24, 2.45) is 12.5 Å². The van der Waals surface area contributed by atoms with Gasteiger partial charge in [0.2, 0.25) is 0 Å². The lowest BCUT2D eigenvalue weighted by Gasteiger charge is -2.53. The summed E-state index contributed by atoms with van der Waals surface area (Å²) >= 11 is 0. The van der Waals surface area contributed by atoms with Crippen LogP contribution in [0.2, 0.25) is 0 Å². The molecule has 1 fully saturated rings. The van der Waals surface area contributed by atoms with Crippen LogP contribution in [0.1, 0.15) is 41.6 Å². The third kappa shape index (κ3) is 2.52. The highest BCUT2D eigenvalue weighted by Gasteiger charge is 2.48. The van der Waals surface area contributed by atoms with E-state index in [4.69, 9.17) is 5.11 Å². The Morgan fingerprint density at radius 1 is 1.36 bits per heavy atom. The van der Waals surface area contributed by atoms with E-state index in [2.05, 4.69) is 28.3 Å². The van der Waals surface area contributed by atoms with Crippen molar-refractivity contribution in [1.29, 1.82) is 0 Å². The monoisotopic (exact) mass is 299 g/mol. The molecule has 22 heavy (non-hydrogen) atoms. The first-order chi connectivity index (χ1) is 10.4. The summed E-state index contributed by atoms with van der Waals surface area (Å²) in [5.74, 6) is 0.195. The minimum Gasteiger partial charge on any atom is -0.478 e. The normalized spacial score (nSPS) is 20.6. The largest absolute Gasteiger partial charge is 0.478 e. The second-order valence-electron chi connectivity index (χ2n) is 6.69. The van der Waals surface area contributed by atoms with Gasteiger partial charge in [0.1, 0.15) is 5.82 Å². The lowest BCUT2D eigenvalue weighted by atomic mass is 9.74. The molecule has 1 unspecified atom stereocenters. The van der Waals surface area contributed by atoms with Crippen molar-refractivity contribution in [2.75, 3.05) is 6.54 Å². The molecule has 1 aromatic heterocycles. The number of nitrogens with zero attached hydrogens (tertiary/aromatic N) is 3. The van der Waals surface area contributed by atoms with Gasteiger partial charge >= 0.3 is 5.97 Å². The summed E-state index contributed by atoms with van der Waals surface area (Å²) in [5.41, 5.74) is 1.65. The van der Waals surface area contributed by atoms with Crippen molar-refractivity contribution in [1.82, 2.24) is 14.5 Å². The fourth-order valence-electron chi connectivity index (χ4n) is 3.37. The molecule has 0 saturated carbocycles. The van der Waals surface area contributed by atoms with Crippen LogP contribution in [0.15, 0.2) is 36.7 Å². The number of imidazole rings is 1. The number of carbonyl (C=O) groups is 1. The Labute approximate surface area is 130 Å². The van der Waals surface area contributed by atoms with E-state index in [-0.39, 0.29) is 11.5 Å². The van der Waals surface area contributed by atoms with Gasteiger partial charge in [0, 0.05) is 37.9 Å². The Hall–Kier alpha value is -2.14. The highest BCUT2D eigenvalue weighted by Crippen LogP contribution is 2.48. The summed E-state index contributed by atoms with van der Waals surface area (Å²) in [5, 5.41) is 8.96. The number of aromatic nitrogens is 2. The number of rotatable bonds is 4. The van der Waals surface area contributed by atoms with E-state index in [1.54, 1.807) is 12.1 Å². The smallest absolute Gasteiger partial charge is 0.335 e. The lowest BCUT2D eigenvalue weighted by Crippen LogP contribution is -2.55. The Morgan fingerprint density at radius 3 is 2.55 bits per heavy atom. The van der Waals surface area contributed by atoms with Crippen LogP contribution in [0, 0.1) is 5.41 Å². The number of aromatic carboxylic acids is 1. The van der Waals surface area contributed by atoms with Crippen molar-refractivity contribution >= 4 is 5.97 Å². The summed E-state index contributed by atoms with van der Waals surface area (Å²) in [6, 6.07) is 7.40. The maximum atomic E-state index is 10.9. The first-order valence-corrected chi connectivity index (χ1v) is 7.42. The third-order valence-corrected chi connectivity index (χ3v) is 4.41. The molecule has 0 bridgehead atoms. The Kier molecular flexibility index (Phi) is 3.53. The third-order valence-electron chi connectivity index (χ3n) is 4.41. The van der Waals surface area contributed by atoms with Crippen molar-refractivity contribution in [3.8, 4) is 0 Å². The molecule has 1 atom stereocenters. The number of hydrogen-bond acceptors (Lipinski definition) is 3. The van der Waals surface area contributed by atoms with Crippen molar-refractivity contribution in [2.45, 2.75) is 26.4 Å². The molecule has 2 heterocycles. The minimum atomic E-state index is -0.887. The molecule has 0 amide bonds. The summed E-state index contributed by atoms with van der Waals surface area (Å²) in [6.45, 7) is 6.33. The van der Waals surface area contributed by atoms with Gasteiger partial charge in [-0.25, -0.2) is 9.78 Å². The quantitative estimate of drug-likeness (QED) is 0.943. The van der Waals surface area contributed by atoms with Crippen molar-refractivity contribution in [3.63, 3.8) is 0 Å². The average molecular weight is 299 g/mol. The highest BCUT2D eigenvalue weighted by atomic mass is 16.4. The van der Waals surface area contributed by atoms with Crippen LogP contribution in [-0.2, 0) is 13.6 Å². The summed E-state index contributed by atoms with van der Waals surface area (Å²) in [4.78, 5) is 17.8. The van der Waals surface area contributed by atoms with Gasteiger partial charge in [-0.3, -0.25) is 4.90 Å². The molecule has 2 aromatic rings. The van der Waals surface area contributed by atoms with E-state index < -0.39 is 5.97 Å². The van der Waals surface area contributed by atoms with E-state index in [9.17, 15) is 4.79 Å². The first kappa shape index (κ1) is 14.8. The van der Waals surface area contributed by atoms with Gasteiger partial charge in [-0.1, -0.05) is 26.0 Å². The number of carboxylic acids is 1. The molecule has 0 spiro atoms. The molecule has 1 aliphatic rings. The van der Waals surface area contributed by atoms with Gasteiger partial charge in [-0.05, 0) is 17.7 Å². The van der Waals surface area contributed by atoms with E-state index in [0.717, 1.165) is 24.5 Å². The molecular weight excluding hydrogens is 278 g/mol. The van der Waals surface area contributed by atoms with Crippen LogP contribution in [0.4, 0.5) is 0 Å². The van der Waals surface area contributed by atoms with Crippen LogP contribution in [0.5, 0.6) is 0 Å². The van der Waals surface area contributed by atoms with E-state index in [1.807, 2.05) is 31.6 Å². The molecule has 1 saturated heterocycles. The predicted octanol–water partition coefficient (Wildman–Crippen LogP) is 2.70. The summed E-state index contributed by atoms with van der Waals surface area (Å²) in [7, 11) is 2.02. The first-order valence-electron chi connectivity index (χ1n) is 7.42. The molecule has 0 aliphatic carbocycles. The standard InChI is InChI=1S/C17H21N3O2/c1-17(2)11-20(14(17)15-18-8-9-19(15)3)10-12-4-6-13(7-5-12)16(21)22/h4-9,14H,10-11H2,1-3H3,(H,21,22). The number of carboxylic acid groups (broad SMARTS) is 1. The van der Waals surface area contributed by atoms with Crippen molar-refractivity contribution < 1.29 is 9.90 Å². The zero-order valence-corrected chi connectivity index (χ0v) is 13.2. The number of benzene rings is 1. The molecule has 0 radical (unpaired) electrons. The van der Waals surface area contributed by atoms with E-state index in [1.165, 1.54) is 0 Å².